The van der Waals surface area contributed by atoms with Gasteiger partial charge >= 0.3 is 0 Å². The molecule has 1 aliphatic rings. The van der Waals surface area contributed by atoms with Gasteiger partial charge in [-0.2, -0.15) is 5.10 Å². The second-order valence-corrected chi connectivity index (χ2v) is 4.52. The first-order valence-electron chi connectivity index (χ1n) is 6.19. The first-order chi connectivity index (χ1) is 8.61. The van der Waals surface area contributed by atoms with Crippen LogP contribution in [0.2, 0.25) is 0 Å². The Kier molecular flexibility index (Phi) is 3.76. The van der Waals surface area contributed by atoms with Crippen LogP contribution in [0, 0.1) is 0 Å². The highest BCUT2D eigenvalue weighted by atomic mass is 16.2. The zero-order chi connectivity index (χ0) is 13.1. The van der Waals surface area contributed by atoms with E-state index in [0.29, 0.717) is 6.04 Å². The summed E-state index contributed by atoms with van der Waals surface area (Å²) in [6.07, 6.45) is 2.88. The number of hydrogen-bond donors (Lipinski definition) is 1. The molecule has 2 amide bonds. The Morgan fingerprint density at radius 1 is 1.39 bits per heavy atom. The topological polar surface area (TPSA) is 67.2 Å². The number of rotatable bonds is 4. The normalized spacial score (nSPS) is 18.2. The molecular formula is C12H18N4O2. The molecule has 0 aromatic carbocycles. The van der Waals surface area contributed by atoms with E-state index in [-0.39, 0.29) is 31.4 Å². The van der Waals surface area contributed by atoms with E-state index in [2.05, 4.69) is 24.3 Å². The molecule has 1 saturated heterocycles. The molecule has 18 heavy (non-hydrogen) atoms. The first kappa shape index (κ1) is 12.8. The Hall–Kier alpha value is -1.69. The van der Waals surface area contributed by atoms with Crippen LogP contribution in [-0.2, 0) is 16.1 Å². The molecule has 0 spiro atoms. The molecule has 2 rings (SSSR count). The summed E-state index contributed by atoms with van der Waals surface area (Å²) >= 11 is 0. The lowest BCUT2D eigenvalue weighted by molar-refractivity contribution is -0.147. The third-order valence-electron chi connectivity index (χ3n) is 3.18. The smallest absolute Gasteiger partial charge is 0.243 e. The van der Waals surface area contributed by atoms with Crippen molar-refractivity contribution in [3.05, 3.63) is 18.0 Å². The summed E-state index contributed by atoms with van der Waals surface area (Å²) < 4.78 is 1.87. The van der Waals surface area contributed by atoms with Crippen LogP contribution in [0.4, 0.5) is 0 Å². The fourth-order valence-corrected chi connectivity index (χ4v) is 1.84. The second-order valence-electron chi connectivity index (χ2n) is 4.52. The maximum Gasteiger partial charge on any atom is 0.243 e. The average molecular weight is 250 g/mol. The summed E-state index contributed by atoms with van der Waals surface area (Å²) in [4.78, 5) is 24.5. The molecule has 1 aromatic heterocycles. The minimum atomic E-state index is -0.190. The number of imide groups is 1. The Morgan fingerprint density at radius 2 is 2.06 bits per heavy atom. The van der Waals surface area contributed by atoms with Gasteiger partial charge in [-0.1, -0.05) is 6.92 Å². The van der Waals surface area contributed by atoms with Crippen LogP contribution in [-0.4, -0.2) is 39.6 Å². The van der Waals surface area contributed by atoms with E-state index in [1.807, 2.05) is 16.9 Å². The van der Waals surface area contributed by atoms with Crippen LogP contribution in [0.5, 0.6) is 0 Å². The zero-order valence-electron chi connectivity index (χ0n) is 10.7. The van der Waals surface area contributed by atoms with E-state index in [1.54, 1.807) is 0 Å². The van der Waals surface area contributed by atoms with Crippen LogP contribution in [0.15, 0.2) is 12.3 Å². The largest absolute Gasteiger partial charge is 0.300 e. The minimum Gasteiger partial charge on any atom is -0.300 e. The fraction of sp³-hybridized carbons (Fsp3) is 0.583. The van der Waals surface area contributed by atoms with Crippen LogP contribution in [0.1, 0.15) is 32.0 Å². The van der Waals surface area contributed by atoms with Crippen molar-refractivity contribution in [2.24, 2.45) is 0 Å². The molecule has 1 atom stereocenters. The Balaban J connectivity index is 2.06. The monoisotopic (exact) mass is 250 g/mol. The van der Waals surface area contributed by atoms with Gasteiger partial charge in [0.1, 0.15) is 0 Å². The number of nitrogens with zero attached hydrogens (tertiary/aromatic N) is 3. The van der Waals surface area contributed by atoms with Gasteiger partial charge in [0.05, 0.1) is 25.3 Å². The lowest BCUT2D eigenvalue weighted by Gasteiger charge is -2.24. The van der Waals surface area contributed by atoms with Gasteiger partial charge in [0.2, 0.25) is 11.8 Å². The van der Waals surface area contributed by atoms with Crippen molar-refractivity contribution in [2.75, 3.05) is 13.1 Å². The Labute approximate surface area is 106 Å². The second kappa shape index (κ2) is 5.30. The van der Waals surface area contributed by atoms with Gasteiger partial charge in [-0.3, -0.25) is 24.5 Å². The molecule has 0 saturated carbocycles. The number of piperazine rings is 1. The van der Waals surface area contributed by atoms with Crippen molar-refractivity contribution in [3.63, 3.8) is 0 Å². The van der Waals surface area contributed by atoms with Gasteiger partial charge in [0, 0.05) is 12.2 Å². The summed E-state index contributed by atoms with van der Waals surface area (Å²) in [5.41, 5.74) is 0.749. The van der Waals surface area contributed by atoms with E-state index < -0.39 is 0 Å². The zero-order valence-corrected chi connectivity index (χ0v) is 10.7. The average Bonchev–Trinajstić information content (AvgIpc) is 2.81. The van der Waals surface area contributed by atoms with E-state index in [4.69, 9.17) is 0 Å². The molecule has 6 heteroatoms. The van der Waals surface area contributed by atoms with Crippen molar-refractivity contribution in [1.29, 1.82) is 0 Å². The standard InChI is InChI=1S/C12H18N4O2/c1-3-9(2)16-5-4-10(14-16)8-15-11(17)6-13-7-12(15)18/h4-5,9,13H,3,6-8H2,1-2H3. The third-order valence-corrected chi connectivity index (χ3v) is 3.18. The highest BCUT2D eigenvalue weighted by Gasteiger charge is 2.26. The summed E-state index contributed by atoms with van der Waals surface area (Å²) in [7, 11) is 0. The fourth-order valence-electron chi connectivity index (χ4n) is 1.84. The van der Waals surface area contributed by atoms with Crippen LogP contribution in [0.3, 0.4) is 0 Å². The van der Waals surface area contributed by atoms with Crippen molar-refractivity contribution < 1.29 is 9.59 Å². The molecule has 1 unspecified atom stereocenters. The highest BCUT2D eigenvalue weighted by Crippen LogP contribution is 2.11. The van der Waals surface area contributed by atoms with Gasteiger partial charge in [0.25, 0.3) is 0 Å². The van der Waals surface area contributed by atoms with Crippen LogP contribution >= 0.6 is 0 Å². The number of carbonyl (C=O) groups is 2. The summed E-state index contributed by atoms with van der Waals surface area (Å²) in [6.45, 7) is 4.88. The molecular weight excluding hydrogens is 232 g/mol. The molecule has 6 nitrogen and oxygen atoms in total. The van der Waals surface area contributed by atoms with E-state index >= 15 is 0 Å². The predicted octanol–water partition coefficient (Wildman–Crippen LogP) is 0.313. The van der Waals surface area contributed by atoms with Gasteiger partial charge < -0.3 is 0 Å². The van der Waals surface area contributed by atoms with E-state index in [1.165, 1.54) is 4.90 Å². The van der Waals surface area contributed by atoms with Crippen LogP contribution < -0.4 is 5.32 Å². The minimum absolute atomic E-state index is 0.190. The van der Waals surface area contributed by atoms with Crippen molar-refractivity contribution in [1.82, 2.24) is 20.0 Å². The maximum atomic E-state index is 11.6. The van der Waals surface area contributed by atoms with Crippen molar-refractivity contribution in [2.45, 2.75) is 32.9 Å². The van der Waals surface area contributed by atoms with Crippen LogP contribution in [0.25, 0.3) is 0 Å². The number of aromatic nitrogens is 2. The van der Waals surface area contributed by atoms with Gasteiger partial charge in [-0.05, 0) is 19.4 Å². The van der Waals surface area contributed by atoms with Crippen molar-refractivity contribution in [3.8, 4) is 0 Å². The van der Waals surface area contributed by atoms with Gasteiger partial charge in [0.15, 0.2) is 0 Å². The number of hydrogen-bond acceptors (Lipinski definition) is 4. The van der Waals surface area contributed by atoms with Gasteiger partial charge in [-0.15, -0.1) is 0 Å². The molecule has 1 N–H and O–H groups in total. The molecule has 98 valence electrons. The van der Waals surface area contributed by atoms with E-state index in [0.717, 1.165) is 12.1 Å². The molecule has 2 heterocycles. The quantitative estimate of drug-likeness (QED) is 0.781. The lowest BCUT2D eigenvalue weighted by atomic mass is 10.3. The Bertz CT molecular complexity index is 439. The third kappa shape index (κ3) is 2.59. The first-order valence-corrected chi connectivity index (χ1v) is 6.19. The molecule has 0 bridgehead atoms. The summed E-state index contributed by atoms with van der Waals surface area (Å²) in [5.74, 6) is -0.381. The SMILES string of the molecule is CCC(C)n1ccc(CN2C(=O)CNCC2=O)n1. The lowest BCUT2D eigenvalue weighted by Crippen LogP contribution is -2.51. The number of amides is 2. The molecule has 0 radical (unpaired) electrons. The van der Waals surface area contributed by atoms with Gasteiger partial charge in [-0.25, -0.2) is 0 Å². The van der Waals surface area contributed by atoms with E-state index in [9.17, 15) is 9.59 Å². The number of carbonyl (C=O) groups excluding carboxylic acids is 2. The molecule has 1 aliphatic heterocycles. The Morgan fingerprint density at radius 3 is 2.67 bits per heavy atom. The summed E-state index contributed by atoms with van der Waals surface area (Å²) in [5, 5.41) is 7.16. The molecule has 1 fully saturated rings. The predicted molar refractivity (Wildman–Crippen MR) is 65.7 cm³/mol. The molecule has 0 aliphatic carbocycles. The highest BCUT2D eigenvalue weighted by molar-refractivity contribution is 5.99. The summed E-state index contributed by atoms with van der Waals surface area (Å²) in [6, 6.07) is 2.18. The number of nitrogens with one attached hydrogen (secondary N) is 1. The molecule has 1 aromatic rings. The van der Waals surface area contributed by atoms with Crippen molar-refractivity contribution >= 4 is 11.8 Å². The maximum absolute atomic E-state index is 11.6.